The van der Waals surface area contributed by atoms with Crippen LogP contribution < -0.4 is 15.2 Å². The van der Waals surface area contributed by atoms with Crippen LogP contribution in [0.25, 0.3) is 10.8 Å². The molecule has 3 rings (SSSR count). The third kappa shape index (κ3) is 5.56. The maximum Gasteiger partial charge on any atom is 0.344 e. The van der Waals surface area contributed by atoms with Crippen LogP contribution in [0.1, 0.15) is 6.92 Å². The average Bonchev–Trinajstić information content (AvgIpc) is 2.71. The fourth-order valence-electron chi connectivity index (χ4n) is 2.66. The van der Waals surface area contributed by atoms with E-state index < -0.39 is 28.0 Å². The SMILES string of the molecule is CC(OC(=O)COc1ccc2ccccc2c1)C(=O)Nc1ccc(S(N)(=O)=O)cc1. The molecule has 3 aromatic carbocycles. The van der Waals surface area contributed by atoms with E-state index in [0.29, 0.717) is 11.4 Å². The van der Waals surface area contributed by atoms with Gasteiger partial charge in [-0.05, 0) is 54.1 Å². The smallest absolute Gasteiger partial charge is 0.344 e. The standard InChI is InChI=1S/C21H20N2O6S/c1-14(21(25)23-17-7-10-19(11-8-17)30(22,26)27)29-20(24)13-28-18-9-6-15-4-2-3-5-16(15)12-18/h2-12,14H,13H2,1H3,(H,23,25)(H2,22,26,27). The Balaban J connectivity index is 1.51. The summed E-state index contributed by atoms with van der Waals surface area (Å²) in [5.41, 5.74) is 0.336. The van der Waals surface area contributed by atoms with E-state index in [1.165, 1.54) is 31.2 Å². The summed E-state index contributed by atoms with van der Waals surface area (Å²) in [4.78, 5) is 24.1. The minimum absolute atomic E-state index is 0.0779. The van der Waals surface area contributed by atoms with Gasteiger partial charge in [0.25, 0.3) is 5.91 Å². The maximum absolute atomic E-state index is 12.2. The lowest BCUT2D eigenvalue weighted by atomic mass is 10.1. The lowest BCUT2D eigenvalue weighted by molar-refractivity contribution is -0.155. The molecule has 1 amide bonds. The van der Waals surface area contributed by atoms with E-state index in [2.05, 4.69) is 5.32 Å². The van der Waals surface area contributed by atoms with Gasteiger partial charge in [-0.3, -0.25) is 4.79 Å². The first-order chi connectivity index (χ1) is 14.2. The molecule has 9 heteroatoms. The van der Waals surface area contributed by atoms with Crippen molar-refractivity contribution in [2.24, 2.45) is 5.14 Å². The highest BCUT2D eigenvalue weighted by molar-refractivity contribution is 7.89. The highest BCUT2D eigenvalue weighted by Gasteiger charge is 2.18. The van der Waals surface area contributed by atoms with Gasteiger partial charge in [0.2, 0.25) is 10.0 Å². The molecule has 0 bridgehead atoms. The van der Waals surface area contributed by atoms with Crippen LogP contribution in [-0.4, -0.2) is 33.0 Å². The number of sulfonamides is 1. The number of benzene rings is 3. The van der Waals surface area contributed by atoms with Crippen molar-refractivity contribution in [1.82, 2.24) is 0 Å². The van der Waals surface area contributed by atoms with Crippen molar-refractivity contribution in [3.63, 3.8) is 0 Å². The molecule has 0 aliphatic rings. The molecule has 1 unspecified atom stereocenters. The Labute approximate surface area is 173 Å². The first-order valence-electron chi connectivity index (χ1n) is 8.97. The molecule has 0 saturated heterocycles. The Morgan fingerprint density at radius 2 is 1.67 bits per heavy atom. The van der Waals surface area contributed by atoms with Crippen molar-refractivity contribution < 1.29 is 27.5 Å². The molecule has 8 nitrogen and oxygen atoms in total. The zero-order valence-electron chi connectivity index (χ0n) is 16.1. The monoisotopic (exact) mass is 428 g/mol. The molecule has 30 heavy (non-hydrogen) atoms. The van der Waals surface area contributed by atoms with Crippen molar-refractivity contribution in [2.45, 2.75) is 17.9 Å². The van der Waals surface area contributed by atoms with Gasteiger partial charge < -0.3 is 14.8 Å². The fourth-order valence-corrected chi connectivity index (χ4v) is 3.17. The number of esters is 1. The molecule has 3 aromatic rings. The molecule has 0 aliphatic carbocycles. The summed E-state index contributed by atoms with van der Waals surface area (Å²) in [5.74, 6) is -0.759. The quantitative estimate of drug-likeness (QED) is 0.557. The van der Waals surface area contributed by atoms with Crippen LogP contribution in [0.15, 0.2) is 71.6 Å². The molecule has 3 N–H and O–H groups in total. The summed E-state index contributed by atoms with van der Waals surface area (Å²) in [6.07, 6.45) is -1.07. The molecule has 0 aliphatic heterocycles. The van der Waals surface area contributed by atoms with Crippen molar-refractivity contribution in [3.05, 3.63) is 66.7 Å². The molecule has 1 atom stereocenters. The Hall–Kier alpha value is -3.43. The lowest BCUT2D eigenvalue weighted by Gasteiger charge is -2.14. The van der Waals surface area contributed by atoms with Gasteiger partial charge in [0, 0.05) is 5.69 Å². The third-order valence-electron chi connectivity index (χ3n) is 4.21. The van der Waals surface area contributed by atoms with Gasteiger partial charge in [-0.2, -0.15) is 0 Å². The Morgan fingerprint density at radius 3 is 2.33 bits per heavy atom. The fraction of sp³-hybridized carbons (Fsp3) is 0.143. The number of rotatable bonds is 7. The second-order valence-corrected chi connectivity index (χ2v) is 8.05. The predicted octanol–water partition coefficient (Wildman–Crippen LogP) is 2.44. The van der Waals surface area contributed by atoms with E-state index in [1.807, 2.05) is 36.4 Å². The zero-order chi connectivity index (χ0) is 21.7. The molecule has 156 valence electrons. The van der Waals surface area contributed by atoms with Crippen molar-refractivity contribution in [3.8, 4) is 5.75 Å². The van der Waals surface area contributed by atoms with Crippen LogP contribution in [0.3, 0.4) is 0 Å². The summed E-state index contributed by atoms with van der Waals surface area (Å²) in [7, 11) is -3.82. The van der Waals surface area contributed by atoms with Gasteiger partial charge in [0.15, 0.2) is 12.7 Å². The lowest BCUT2D eigenvalue weighted by Crippen LogP contribution is -2.31. The normalized spacial score (nSPS) is 12.2. The second-order valence-electron chi connectivity index (χ2n) is 6.49. The summed E-state index contributed by atoms with van der Waals surface area (Å²) in [6.45, 7) is 1.07. The van der Waals surface area contributed by atoms with E-state index in [9.17, 15) is 18.0 Å². The van der Waals surface area contributed by atoms with Crippen LogP contribution in [0.4, 0.5) is 5.69 Å². The Bertz CT molecular complexity index is 1180. The molecule has 0 fully saturated rings. The second kappa shape index (κ2) is 8.93. The zero-order valence-corrected chi connectivity index (χ0v) is 16.9. The average molecular weight is 428 g/mol. The minimum Gasteiger partial charge on any atom is -0.482 e. The summed E-state index contributed by atoms with van der Waals surface area (Å²) in [5, 5.41) is 9.58. The number of ether oxygens (including phenoxy) is 2. The summed E-state index contributed by atoms with van der Waals surface area (Å²) >= 11 is 0. The molecule has 0 aromatic heterocycles. The van der Waals surface area contributed by atoms with Gasteiger partial charge in [-0.25, -0.2) is 18.4 Å². The number of carbonyl (C=O) groups is 2. The molecular formula is C21H20N2O6S. The number of amides is 1. The largest absolute Gasteiger partial charge is 0.482 e. The molecule has 0 spiro atoms. The maximum atomic E-state index is 12.2. The predicted molar refractivity (Wildman–Crippen MR) is 111 cm³/mol. The van der Waals surface area contributed by atoms with Gasteiger partial charge >= 0.3 is 5.97 Å². The summed E-state index contributed by atoms with van der Waals surface area (Å²) in [6, 6.07) is 18.5. The van der Waals surface area contributed by atoms with Crippen molar-refractivity contribution in [2.75, 3.05) is 11.9 Å². The first-order valence-corrected chi connectivity index (χ1v) is 10.5. The van der Waals surface area contributed by atoms with Crippen molar-refractivity contribution >= 4 is 38.4 Å². The van der Waals surface area contributed by atoms with Crippen LogP contribution in [0, 0.1) is 0 Å². The Morgan fingerprint density at radius 1 is 1.00 bits per heavy atom. The van der Waals surface area contributed by atoms with Gasteiger partial charge in [-0.15, -0.1) is 0 Å². The van der Waals surface area contributed by atoms with Crippen LogP contribution in [0.2, 0.25) is 0 Å². The number of nitrogens with two attached hydrogens (primary N) is 1. The van der Waals surface area contributed by atoms with E-state index in [4.69, 9.17) is 14.6 Å². The first kappa shape index (κ1) is 21.3. The van der Waals surface area contributed by atoms with Gasteiger partial charge in [-0.1, -0.05) is 30.3 Å². The molecule has 0 saturated carbocycles. The van der Waals surface area contributed by atoms with E-state index in [0.717, 1.165) is 10.8 Å². The molecular weight excluding hydrogens is 408 g/mol. The van der Waals surface area contributed by atoms with Gasteiger partial charge in [0.1, 0.15) is 5.75 Å². The number of nitrogens with one attached hydrogen (secondary N) is 1. The molecule has 0 radical (unpaired) electrons. The molecule has 0 heterocycles. The number of primary sulfonamides is 1. The Kier molecular flexibility index (Phi) is 6.34. The van der Waals surface area contributed by atoms with E-state index in [-0.39, 0.29) is 11.5 Å². The third-order valence-corrected chi connectivity index (χ3v) is 5.13. The topological polar surface area (TPSA) is 125 Å². The number of hydrogen-bond donors (Lipinski definition) is 2. The number of fused-ring (bicyclic) bond motifs is 1. The minimum atomic E-state index is -3.82. The highest BCUT2D eigenvalue weighted by atomic mass is 32.2. The number of carbonyl (C=O) groups excluding carboxylic acids is 2. The van der Waals surface area contributed by atoms with Gasteiger partial charge in [0.05, 0.1) is 4.90 Å². The van der Waals surface area contributed by atoms with Crippen LogP contribution in [-0.2, 0) is 24.3 Å². The summed E-state index contributed by atoms with van der Waals surface area (Å²) < 4.78 is 33.0. The number of hydrogen-bond acceptors (Lipinski definition) is 6. The van der Waals surface area contributed by atoms with E-state index in [1.54, 1.807) is 6.07 Å². The highest BCUT2D eigenvalue weighted by Crippen LogP contribution is 2.20. The van der Waals surface area contributed by atoms with Crippen molar-refractivity contribution in [1.29, 1.82) is 0 Å². The van der Waals surface area contributed by atoms with Crippen LogP contribution in [0.5, 0.6) is 5.75 Å². The number of anilines is 1. The van der Waals surface area contributed by atoms with E-state index >= 15 is 0 Å². The van der Waals surface area contributed by atoms with Crippen LogP contribution >= 0.6 is 0 Å².